The molecular formula is C21H26N4O5S. The summed E-state index contributed by atoms with van der Waals surface area (Å²) in [6.07, 6.45) is 1.91. The topological polar surface area (TPSA) is 118 Å². The van der Waals surface area contributed by atoms with Crippen molar-refractivity contribution in [1.82, 2.24) is 15.5 Å². The molecule has 0 fully saturated rings. The molecule has 2 N–H and O–H groups in total. The molecule has 0 aliphatic heterocycles. The first-order valence-corrected chi connectivity index (χ1v) is 10.6. The third-order valence-electron chi connectivity index (χ3n) is 4.45. The summed E-state index contributed by atoms with van der Waals surface area (Å²) in [5, 5.41) is 20.9. The summed E-state index contributed by atoms with van der Waals surface area (Å²) < 4.78 is 11.3. The number of nitrogens with zero attached hydrogens (tertiary/aromatic N) is 3. The number of aromatic nitrogens is 2. The highest BCUT2D eigenvalue weighted by atomic mass is 32.1. The number of carboxylic acid groups (broad SMARTS) is 1. The molecular weight excluding hydrogens is 420 g/mol. The summed E-state index contributed by atoms with van der Waals surface area (Å²) in [6.45, 7) is 9.30. The molecule has 10 heteroatoms. The Balaban J connectivity index is 1.86. The predicted octanol–water partition coefficient (Wildman–Crippen LogP) is 4.73. The second-order valence-electron chi connectivity index (χ2n) is 8.26. The number of rotatable bonds is 6. The SMILES string of the molecule is Cc1c(CC(C)NC(=O)OC(C)(C)C)sc2c(N(Cc3ccco3)C(=O)O)cnnc12. The van der Waals surface area contributed by atoms with Crippen molar-refractivity contribution in [3.8, 4) is 0 Å². The van der Waals surface area contributed by atoms with Crippen LogP contribution in [-0.2, 0) is 17.7 Å². The number of hydrogen-bond donors (Lipinski definition) is 2. The molecule has 1 atom stereocenters. The smallest absolute Gasteiger partial charge is 0.412 e. The van der Waals surface area contributed by atoms with Gasteiger partial charge in [-0.1, -0.05) is 0 Å². The zero-order valence-corrected chi connectivity index (χ0v) is 18.9. The predicted molar refractivity (Wildman–Crippen MR) is 118 cm³/mol. The molecule has 0 aromatic carbocycles. The van der Waals surface area contributed by atoms with Crippen molar-refractivity contribution < 1.29 is 23.8 Å². The lowest BCUT2D eigenvalue weighted by Gasteiger charge is -2.21. The van der Waals surface area contributed by atoms with Gasteiger partial charge in [-0.2, -0.15) is 5.10 Å². The molecule has 0 aliphatic rings. The van der Waals surface area contributed by atoms with Crippen LogP contribution in [0.15, 0.2) is 29.0 Å². The number of nitrogens with one attached hydrogen (secondary N) is 1. The second-order valence-corrected chi connectivity index (χ2v) is 9.36. The molecule has 9 nitrogen and oxygen atoms in total. The monoisotopic (exact) mass is 446 g/mol. The molecule has 0 aliphatic carbocycles. The highest BCUT2D eigenvalue weighted by Gasteiger charge is 2.24. The first-order valence-electron chi connectivity index (χ1n) is 9.81. The summed E-state index contributed by atoms with van der Waals surface area (Å²) >= 11 is 1.45. The van der Waals surface area contributed by atoms with E-state index in [2.05, 4.69) is 15.5 Å². The fourth-order valence-corrected chi connectivity index (χ4v) is 4.47. The number of alkyl carbamates (subject to hydrolysis) is 1. The van der Waals surface area contributed by atoms with Crippen LogP contribution in [0, 0.1) is 6.92 Å². The van der Waals surface area contributed by atoms with Crippen LogP contribution in [0.1, 0.15) is 43.9 Å². The molecule has 2 amide bonds. The zero-order chi connectivity index (χ0) is 22.8. The number of fused-ring (bicyclic) bond motifs is 1. The normalized spacial score (nSPS) is 12.5. The van der Waals surface area contributed by atoms with Crippen LogP contribution in [0.4, 0.5) is 15.3 Å². The Morgan fingerprint density at radius 1 is 1.39 bits per heavy atom. The van der Waals surface area contributed by atoms with Crippen molar-refractivity contribution in [2.75, 3.05) is 4.90 Å². The lowest BCUT2D eigenvalue weighted by molar-refractivity contribution is 0.0508. The first kappa shape index (κ1) is 22.5. The number of furan rings is 1. The number of carbonyl (C=O) groups is 2. The average Bonchev–Trinajstić information content (AvgIpc) is 3.26. The van der Waals surface area contributed by atoms with Gasteiger partial charge >= 0.3 is 12.2 Å². The Morgan fingerprint density at radius 3 is 2.74 bits per heavy atom. The largest absolute Gasteiger partial charge is 0.467 e. The van der Waals surface area contributed by atoms with Gasteiger partial charge in [0.15, 0.2) is 0 Å². The molecule has 0 radical (unpaired) electrons. The molecule has 3 heterocycles. The number of aryl methyl sites for hydroxylation is 1. The third-order valence-corrected chi connectivity index (χ3v) is 5.78. The van der Waals surface area contributed by atoms with Crippen LogP contribution in [0.25, 0.3) is 10.2 Å². The van der Waals surface area contributed by atoms with E-state index < -0.39 is 17.8 Å². The van der Waals surface area contributed by atoms with Crippen molar-refractivity contribution >= 4 is 39.4 Å². The van der Waals surface area contributed by atoms with Crippen molar-refractivity contribution in [1.29, 1.82) is 0 Å². The fourth-order valence-electron chi connectivity index (χ4n) is 3.08. The Bertz CT molecular complexity index is 1070. The molecule has 0 saturated heterocycles. The summed E-state index contributed by atoms with van der Waals surface area (Å²) in [7, 11) is 0. The number of anilines is 1. The molecule has 0 spiro atoms. The Labute approximate surface area is 184 Å². The minimum atomic E-state index is -1.11. The van der Waals surface area contributed by atoms with Crippen molar-refractivity contribution in [3.05, 3.63) is 40.8 Å². The van der Waals surface area contributed by atoms with Gasteiger partial charge in [0.2, 0.25) is 0 Å². The van der Waals surface area contributed by atoms with E-state index in [1.54, 1.807) is 12.1 Å². The van der Waals surface area contributed by atoms with Gasteiger partial charge in [0.05, 0.1) is 29.4 Å². The Hall–Kier alpha value is -3.14. The molecule has 1 unspecified atom stereocenters. The van der Waals surface area contributed by atoms with Crippen LogP contribution in [-0.4, -0.2) is 39.1 Å². The van der Waals surface area contributed by atoms with E-state index >= 15 is 0 Å². The fraction of sp³-hybridized carbons (Fsp3) is 0.429. The Morgan fingerprint density at radius 2 is 2.13 bits per heavy atom. The molecule has 3 rings (SSSR count). The summed E-state index contributed by atoms with van der Waals surface area (Å²) in [6, 6.07) is 3.25. The van der Waals surface area contributed by atoms with E-state index in [0.717, 1.165) is 15.1 Å². The van der Waals surface area contributed by atoms with Gasteiger partial charge in [-0.05, 0) is 52.3 Å². The number of thiophene rings is 1. The molecule has 0 bridgehead atoms. The Kier molecular flexibility index (Phi) is 6.49. The van der Waals surface area contributed by atoms with E-state index in [0.29, 0.717) is 23.4 Å². The van der Waals surface area contributed by atoms with Gasteiger partial charge in [-0.15, -0.1) is 16.4 Å². The summed E-state index contributed by atoms with van der Waals surface area (Å²) in [4.78, 5) is 26.2. The summed E-state index contributed by atoms with van der Waals surface area (Å²) in [5.41, 5.74) is 1.43. The maximum absolute atomic E-state index is 12.1. The van der Waals surface area contributed by atoms with Gasteiger partial charge in [0.1, 0.15) is 16.9 Å². The zero-order valence-electron chi connectivity index (χ0n) is 18.1. The van der Waals surface area contributed by atoms with E-state index in [1.165, 1.54) is 28.7 Å². The molecule has 0 saturated carbocycles. The first-order chi connectivity index (χ1) is 14.5. The van der Waals surface area contributed by atoms with Crippen molar-refractivity contribution in [2.24, 2.45) is 0 Å². The van der Waals surface area contributed by atoms with E-state index in [-0.39, 0.29) is 12.6 Å². The van der Waals surface area contributed by atoms with Crippen molar-refractivity contribution in [2.45, 2.75) is 59.2 Å². The molecule has 166 valence electrons. The minimum Gasteiger partial charge on any atom is -0.467 e. The molecule has 31 heavy (non-hydrogen) atoms. The molecule has 3 aromatic heterocycles. The third kappa shape index (κ3) is 5.52. The van der Waals surface area contributed by atoms with Gasteiger partial charge in [-0.3, -0.25) is 4.90 Å². The maximum atomic E-state index is 12.1. The maximum Gasteiger partial charge on any atom is 0.412 e. The summed E-state index contributed by atoms with van der Waals surface area (Å²) in [5.74, 6) is 0.524. The average molecular weight is 447 g/mol. The number of ether oxygens (including phenoxy) is 1. The quantitative estimate of drug-likeness (QED) is 0.562. The standard InChI is InChI=1S/C21H26N4O5S/c1-12(23-19(26)30-21(3,4)5)9-16-13(2)17-18(31-16)15(10-22-24-17)25(20(27)28)11-14-7-6-8-29-14/h6-8,10,12H,9,11H2,1-5H3,(H,23,26)(H,27,28). The molecule has 3 aromatic rings. The van der Waals surface area contributed by atoms with Gasteiger partial charge in [-0.25, -0.2) is 9.59 Å². The number of amides is 2. The van der Waals surface area contributed by atoms with Crippen LogP contribution in [0.3, 0.4) is 0 Å². The van der Waals surface area contributed by atoms with Crippen LogP contribution >= 0.6 is 11.3 Å². The minimum absolute atomic E-state index is 0.0615. The van der Waals surface area contributed by atoms with Crippen LogP contribution in [0.2, 0.25) is 0 Å². The van der Waals surface area contributed by atoms with E-state index in [1.807, 2.05) is 34.6 Å². The number of hydrogen-bond acceptors (Lipinski definition) is 7. The van der Waals surface area contributed by atoms with Crippen molar-refractivity contribution in [3.63, 3.8) is 0 Å². The van der Waals surface area contributed by atoms with E-state index in [9.17, 15) is 14.7 Å². The number of carbonyl (C=O) groups excluding carboxylic acids is 1. The lowest BCUT2D eigenvalue weighted by atomic mass is 10.1. The highest BCUT2D eigenvalue weighted by Crippen LogP contribution is 2.37. The lowest BCUT2D eigenvalue weighted by Crippen LogP contribution is -2.38. The second kappa shape index (κ2) is 8.93. The highest BCUT2D eigenvalue weighted by molar-refractivity contribution is 7.19. The van der Waals surface area contributed by atoms with Gasteiger partial charge in [0, 0.05) is 17.3 Å². The van der Waals surface area contributed by atoms with Gasteiger partial charge < -0.3 is 19.6 Å². The van der Waals surface area contributed by atoms with Gasteiger partial charge in [0.25, 0.3) is 0 Å². The van der Waals surface area contributed by atoms with E-state index in [4.69, 9.17) is 9.15 Å². The van der Waals surface area contributed by atoms with Crippen LogP contribution < -0.4 is 10.2 Å². The van der Waals surface area contributed by atoms with Crippen LogP contribution in [0.5, 0.6) is 0 Å².